The van der Waals surface area contributed by atoms with Crippen molar-refractivity contribution >= 4 is 23.1 Å². The first-order chi connectivity index (χ1) is 5.70. The van der Waals surface area contributed by atoms with Crippen LogP contribution in [-0.2, 0) is 0 Å². The van der Waals surface area contributed by atoms with Crippen molar-refractivity contribution in [2.45, 2.75) is 26.7 Å². The second-order valence-electron chi connectivity index (χ2n) is 3.17. The van der Waals surface area contributed by atoms with E-state index in [0.29, 0.717) is 0 Å². The Labute approximate surface area is 115 Å². The largest absolute Gasteiger partial charge is 2.00 e. The van der Waals surface area contributed by atoms with Gasteiger partial charge < -0.3 is 27.2 Å². The zero-order chi connectivity index (χ0) is 9.40. The molecule has 2 nitrogen and oxygen atoms in total. The van der Waals surface area contributed by atoms with Crippen molar-refractivity contribution in [3.05, 3.63) is 17.1 Å². The van der Waals surface area contributed by atoms with Gasteiger partial charge in [0.05, 0.1) is 0 Å². The Bertz CT molecular complexity index is 138. The maximum atomic E-state index is 4.47. The van der Waals surface area contributed by atoms with Crippen LogP contribution in [0.15, 0.2) is 11.8 Å². The van der Waals surface area contributed by atoms with Gasteiger partial charge in [0.1, 0.15) is 0 Å². The van der Waals surface area contributed by atoms with Gasteiger partial charge in [0.2, 0.25) is 0 Å². The van der Waals surface area contributed by atoms with E-state index in [1.807, 2.05) is 6.92 Å². The summed E-state index contributed by atoms with van der Waals surface area (Å²) in [4.78, 5) is 2.19. The van der Waals surface area contributed by atoms with Gasteiger partial charge in [0.25, 0.3) is 0 Å². The minimum Gasteiger partial charge on any atom is -1.00 e. The van der Waals surface area contributed by atoms with E-state index in [0.717, 1.165) is 25.9 Å². The maximum Gasteiger partial charge on any atom is 2.00 e. The van der Waals surface area contributed by atoms with Gasteiger partial charge in [0, 0.05) is 0 Å². The quantitative estimate of drug-likeness (QED) is 0.460. The predicted molar refractivity (Wildman–Crippen MR) is 61.2 cm³/mol. The number of allylic oxidation sites excluding steroid dienone is 2. The van der Waals surface area contributed by atoms with Crippen LogP contribution in [0.5, 0.6) is 0 Å². The summed E-state index contributed by atoms with van der Waals surface area (Å²) < 4.78 is 0. The van der Waals surface area contributed by atoms with Gasteiger partial charge in [-0.1, -0.05) is 19.8 Å². The van der Waals surface area contributed by atoms with Crippen molar-refractivity contribution in [1.29, 1.82) is 0 Å². The van der Waals surface area contributed by atoms with E-state index in [9.17, 15) is 0 Å². The van der Waals surface area contributed by atoms with Gasteiger partial charge in [-0.3, -0.25) is 0 Å². The molecule has 0 spiro atoms. The first kappa shape index (κ1) is 20.2. The molecular formula is C10H21BrMgN2. The smallest absolute Gasteiger partial charge is 1.00 e. The Hall–Kier alpha value is 0.746. The summed E-state index contributed by atoms with van der Waals surface area (Å²) in [6.45, 7) is 6.29. The summed E-state index contributed by atoms with van der Waals surface area (Å²) in [5, 5.41) is 4.47. The van der Waals surface area contributed by atoms with E-state index >= 15 is 0 Å². The zero-order valence-electron chi connectivity index (χ0n) is 9.89. The van der Waals surface area contributed by atoms with Crippen LogP contribution in [-0.4, -0.2) is 55.1 Å². The van der Waals surface area contributed by atoms with Gasteiger partial charge in [-0.25, -0.2) is 0 Å². The van der Waals surface area contributed by atoms with Crippen LogP contribution >= 0.6 is 0 Å². The van der Waals surface area contributed by atoms with Crippen molar-refractivity contribution in [1.82, 2.24) is 4.90 Å². The van der Waals surface area contributed by atoms with E-state index in [2.05, 4.69) is 37.3 Å². The van der Waals surface area contributed by atoms with E-state index < -0.39 is 0 Å². The predicted octanol–water partition coefficient (Wildman–Crippen LogP) is -0.751. The molecule has 0 aromatic heterocycles. The van der Waals surface area contributed by atoms with Gasteiger partial charge in [-0.05, 0) is 27.6 Å². The average molecular weight is 274 g/mol. The number of hydrogen-bond donors (Lipinski definition) is 0. The third-order valence-electron chi connectivity index (χ3n) is 1.77. The Morgan fingerprint density at radius 3 is 2.29 bits per heavy atom. The summed E-state index contributed by atoms with van der Waals surface area (Å²) in [5.41, 5.74) is 1.23. The summed E-state index contributed by atoms with van der Waals surface area (Å²) in [5.74, 6) is 0. The molecule has 4 heteroatoms. The third-order valence-corrected chi connectivity index (χ3v) is 1.77. The molecule has 0 aliphatic heterocycles. The van der Waals surface area contributed by atoms with Crippen LogP contribution in [0.2, 0.25) is 0 Å². The molecule has 0 aromatic rings. The average Bonchev–Trinajstić information content (AvgIpc) is 2.04. The molecule has 0 aliphatic rings. The van der Waals surface area contributed by atoms with Crippen molar-refractivity contribution < 1.29 is 17.0 Å². The fraction of sp³-hybridized carbons (Fsp3) is 0.800. The molecule has 0 saturated carbocycles. The maximum absolute atomic E-state index is 4.47. The molecule has 0 amide bonds. The van der Waals surface area contributed by atoms with Crippen molar-refractivity contribution in [2.24, 2.45) is 0 Å². The van der Waals surface area contributed by atoms with Crippen molar-refractivity contribution in [3.63, 3.8) is 0 Å². The molecular weight excluding hydrogens is 252 g/mol. The van der Waals surface area contributed by atoms with Crippen molar-refractivity contribution in [3.8, 4) is 0 Å². The Balaban J connectivity index is -0.000000605. The first-order valence-corrected chi connectivity index (χ1v) is 4.68. The molecule has 0 unspecified atom stereocenters. The first-order valence-electron chi connectivity index (χ1n) is 4.68. The topological polar surface area (TPSA) is 17.3 Å². The summed E-state index contributed by atoms with van der Waals surface area (Å²) in [6.07, 6.45) is 4.30. The van der Waals surface area contributed by atoms with Crippen LogP contribution in [0.1, 0.15) is 26.7 Å². The minimum absolute atomic E-state index is 0. The fourth-order valence-corrected chi connectivity index (χ4v) is 1.02. The van der Waals surface area contributed by atoms with Gasteiger partial charge in [0.15, 0.2) is 0 Å². The molecule has 0 aromatic carbocycles. The van der Waals surface area contributed by atoms with Gasteiger partial charge in [-0.15, -0.1) is 12.6 Å². The Morgan fingerprint density at radius 1 is 1.36 bits per heavy atom. The SMILES string of the molecule is C/C=C(/CC)[N-]CCCN(C)C.[Br-].[Mg+2]. The molecule has 80 valence electrons. The Kier molecular flexibility index (Phi) is 19.8. The number of halogens is 1. The molecule has 0 atom stereocenters. The normalized spacial score (nSPS) is 10.5. The zero-order valence-corrected chi connectivity index (χ0v) is 12.9. The number of rotatable bonds is 6. The minimum atomic E-state index is 0. The molecule has 14 heavy (non-hydrogen) atoms. The summed E-state index contributed by atoms with van der Waals surface area (Å²) in [7, 11) is 4.19. The molecule has 0 N–H and O–H groups in total. The van der Waals surface area contributed by atoms with E-state index in [1.54, 1.807) is 0 Å². The molecule has 0 fully saturated rings. The van der Waals surface area contributed by atoms with Gasteiger partial charge in [-0.2, -0.15) is 5.70 Å². The summed E-state index contributed by atoms with van der Waals surface area (Å²) >= 11 is 0. The second-order valence-corrected chi connectivity index (χ2v) is 3.17. The van der Waals surface area contributed by atoms with Crippen LogP contribution in [0, 0.1) is 0 Å². The molecule has 0 radical (unpaired) electrons. The van der Waals surface area contributed by atoms with E-state index in [-0.39, 0.29) is 40.0 Å². The van der Waals surface area contributed by atoms with Crippen LogP contribution in [0.25, 0.3) is 5.32 Å². The van der Waals surface area contributed by atoms with Crippen LogP contribution in [0.4, 0.5) is 0 Å². The second kappa shape index (κ2) is 13.7. The Morgan fingerprint density at radius 2 is 1.93 bits per heavy atom. The molecule has 0 saturated heterocycles. The fourth-order valence-electron chi connectivity index (χ4n) is 1.02. The monoisotopic (exact) mass is 272 g/mol. The van der Waals surface area contributed by atoms with E-state index in [1.165, 1.54) is 5.70 Å². The van der Waals surface area contributed by atoms with Crippen molar-refractivity contribution in [2.75, 3.05) is 27.2 Å². The van der Waals surface area contributed by atoms with E-state index in [4.69, 9.17) is 0 Å². The molecule has 0 rings (SSSR count). The standard InChI is InChI=1S/C10H21N2.BrH.Mg/c1-5-10(6-2)11-8-7-9-12(3)4;;/h5H,6-9H2,1-4H3;1H;/q-1;;+2/p-1/b10-5-;;. The van der Waals surface area contributed by atoms with Crippen LogP contribution in [0.3, 0.4) is 0 Å². The number of hydrogen-bond acceptors (Lipinski definition) is 1. The number of nitrogens with zero attached hydrogens (tertiary/aromatic N) is 2. The molecule has 0 aliphatic carbocycles. The molecule has 0 bridgehead atoms. The third kappa shape index (κ3) is 12.7. The summed E-state index contributed by atoms with van der Waals surface area (Å²) in [6, 6.07) is 0. The van der Waals surface area contributed by atoms with Gasteiger partial charge >= 0.3 is 23.1 Å². The molecule has 0 heterocycles. The van der Waals surface area contributed by atoms with Crippen LogP contribution < -0.4 is 17.0 Å².